The highest BCUT2D eigenvalue weighted by Crippen LogP contribution is 2.20. The molecule has 3 N–H and O–H groups in total. The van der Waals surface area contributed by atoms with Gasteiger partial charge in [-0.1, -0.05) is 0 Å². The summed E-state index contributed by atoms with van der Waals surface area (Å²) in [4.78, 5) is 27.2. The zero-order chi connectivity index (χ0) is 17.7. The Labute approximate surface area is 141 Å². The first-order chi connectivity index (χ1) is 11.4. The Hall–Kier alpha value is -2.57. The van der Waals surface area contributed by atoms with Crippen LogP contribution in [0.5, 0.6) is 0 Å². The third-order valence-electron chi connectivity index (χ3n) is 4.03. The number of ether oxygens (including phenoxy) is 1. The van der Waals surface area contributed by atoms with Gasteiger partial charge in [0.2, 0.25) is 5.91 Å². The Morgan fingerprint density at radius 1 is 1.25 bits per heavy atom. The van der Waals surface area contributed by atoms with Crippen LogP contribution in [0.2, 0.25) is 0 Å². The van der Waals surface area contributed by atoms with Crippen molar-refractivity contribution in [2.24, 2.45) is 0 Å². The summed E-state index contributed by atoms with van der Waals surface area (Å²) in [6.45, 7) is 8.20. The third-order valence-corrected chi connectivity index (χ3v) is 4.03. The molecule has 2 rings (SSSR count). The van der Waals surface area contributed by atoms with E-state index in [9.17, 15) is 9.59 Å². The van der Waals surface area contributed by atoms with E-state index < -0.39 is 0 Å². The van der Waals surface area contributed by atoms with E-state index in [1.807, 2.05) is 20.8 Å². The molecular formula is C17H24N4O3. The SMILES string of the molecule is CCOC(=O)c1c(C)[nH]c(CCC(=O)NCc2cn[nH]c2C)c1C. The summed E-state index contributed by atoms with van der Waals surface area (Å²) in [5.74, 6) is -0.366. The van der Waals surface area contributed by atoms with Crippen molar-refractivity contribution in [1.82, 2.24) is 20.5 Å². The van der Waals surface area contributed by atoms with Crippen LogP contribution < -0.4 is 5.32 Å². The quantitative estimate of drug-likeness (QED) is 0.676. The van der Waals surface area contributed by atoms with Crippen LogP contribution in [0, 0.1) is 20.8 Å². The number of hydrogen-bond donors (Lipinski definition) is 3. The third kappa shape index (κ3) is 4.04. The molecule has 0 aliphatic heterocycles. The minimum Gasteiger partial charge on any atom is -0.462 e. The summed E-state index contributed by atoms with van der Waals surface area (Å²) in [5, 5.41) is 9.64. The van der Waals surface area contributed by atoms with Gasteiger partial charge in [-0.25, -0.2) is 4.79 Å². The maximum absolute atomic E-state index is 12.0. The lowest BCUT2D eigenvalue weighted by atomic mass is 10.1. The number of H-pyrrole nitrogens is 2. The fourth-order valence-corrected chi connectivity index (χ4v) is 2.65. The minimum atomic E-state index is -0.324. The number of hydrogen-bond acceptors (Lipinski definition) is 4. The number of carbonyl (C=O) groups is 2. The number of amides is 1. The van der Waals surface area contributed by atoms with Crippen LogP contribution in [0.1, 0.15) is 51.9 Å². The highest BCUT2D eigenvalue weighted by atomic mass is 16.5. The molecule has 24 heavy (non-hydrogen) atoms. The molecular weight excluding hydrogens is 308 g/mol. The van der Waals surface area contributed by atoms with Crippen molar-refractivity contribution < 1.29 is 14.3 Å². The van der Waals surface area contributed by atoms with Crippen LogP contribution >= 0.6 is 0 Å². The monoisotopic (exact) mass is 332 g/mol. The normalized spacial score (nSPS) is 10.7. The highest BCUT2D eigenvalue weighted by molar-refractivity contribution is 5.92. The van der Waals surface area contributed by atoms with Gasteiger partial charge in [-0.15, -0.1) is 0 Å². The van der Waals surface area contributed by atoms with E-state index in [1.54, 1.807) is 13.1 Å². The zero-order valence-electron chi connectivity index (χ0n) is 14.6. The Kier molecular flexibility index (Phi) is 5.78. The topological polar surface area (TPSA) is 99.9 Å². The van der Waals surface area contributed by atoms with Gasteiger partial charge in [0.15, 0.2) is 0 Å². The van der Waals surface area contributed by atoms with Crippen molar-refractivity contribution in [2.45, 2.75) is 47.1 Å². The lowest BCUT2D eigenvalue weighted by molar-refractivity contribution is -0.121. The average molecular weight is 332 g/mol. The fraction of sp³-hybridized carbons (Fsp3) is 0.471. The van der Waals surface area contributed by atoms with Crippen molar-refractivity contribution in [3.8, 4) is 0 Å². The minimum absolute atomic E-state index is 0.0417. The predicted molar refractivity (Wildman–Crippen MR) is 89.7 cm³/mol. The number of aryl methyl sites for hydroxylation is 3. The maximum atomic E-state index is 12.0. The van der Waals surface area contributed by atoms with Gasteiger partial charge in [-0.3, -0.25) is 9.89 Å². The standard InChI is InChI=1S/C17H24N4O3/c1-5-24-17(23)16-10(2)14(20-12(16)4)6-7-15(22)18-8-13-9-19-21-11(13)3/h9,20H,5-8H2,1-4H3,(H,18,22)(H,19,21). The second-order valence-electron chi connectivity index (χ2n) is 5.75. The van der Waals surface area contributed by atoms with E-state index in [2.05, 4.69) is 20.5 Å². The van der Waals surface area contributed by atoms with Gasteiger partial charge in [0, 0.05) is 35.6 Å². The first-order valence-electron chi connectivity index (χ1n) is 8.04. The number of carbonyl (C=O) groups excluding carboxylic acids is 2. The van der Waals surface area contributed by atoms with Crippen LogP contribution in [0.4, 0.5) is 0 Å². The van der Waals surface area contributed by atoms with E-state index in [4.69, 9.17) is 4.74 Å². The van der Waals surface area contributed by atoms with E-state index >= 15 is 0 Å². The summed E-state index contributed by atoms with van der Waals surface area (Å²) in [6.07, 6.45) is 2.60. The highest BCUT2D eigenvalue weighted by Gasteiger charge is 2.19. The largest absolute Gasteiger partial charge is 0.462 e. The van der Waals surface area contributed by atoms with Gasteiger partial charge in [-0.2, -0.15) is 5.10 Å². The second kappa shape index (κ2) is 7.81. The number of aromatic amines is 2. The van der Waals surface area contributed by atoms with Crippen molar-refractivity contribution in [3.05, 3.63) is 40.0 Å². The Morgan fingerprint density at radius 3 is 2.62 bits per heavy atom. The number of esters is 1. The molecule has 1 amide bonds. The van der Waals surface area contributed by atoms with Gasteiger partial charge in [0.05, 0.1) is 18.4 Å². The summed E-state index contributed by atoms with van der Waals surface area (Å²) in [5.41, 5.74) is 5.01. The Bertz CT molecular complexity index is 730. The lowest BCUT2D eigenvalue weighted by Gasteiger charge is -2.05. The molecule has 0 aliphatic rings. The average Bonchev–Trinajstić information content (AvgIpc) is 3.06. The zero-order valence-corrected chi connectivity index (χ0v) is 14.6. The molecule has 130 valence electrons. The number of rotatable bonds is 7. The summed E-state index contributed by atoms with van der Waals surface area (Å²) < 4.78 is 5.07. The second-order valence-corrected chi connectivity index (χ2v) is 5.75. The number of nitrogens with zero attached hydrogens (tertiary/aromatic N) is 1. The molecule has 0 spiro atoms. The molecule has 0 radical (unpaired) electrons. The van der Waals surface area contributed by atoms with Gasteiger partial charge >= 0.3 is 5.97 Å². The van der Waals surface area contributed by atoms with Gasteiger partial charge in [-0.05, 0) is 39.7 Å². The van der Waals surface area contributed by atoms with Crippen molar-refractivity contribution in [2.75, 3.05) is 6.61 Å². The number of aromatic nitrogens is 3. The lowest BCUT2D eigenvalue weighted by Crippen LogP contribution is -2.23. The summed E-state index contributed by atoms with van der Waals surface area (Å²) >= 11 is 0. The Morgan fingerprint density at radius 2 is 2.00 bits per heavy atom. The number of nitrogens with one attached hydrogen (secondary N) is 3. The van der Waals surface area contributed by atoms with Gasteiger partial charge in [0.1, 0.15) is 0 Å². The molecule has 0 aromatic carbocycles. The summed E-state index contributed by atoms with van der Waals surface area (Å²) in [7, 11) is 0. The molecule has 0 fully saturated rings. The molecule has 2 heterocycles. The molecule has 2 aromatic rings. The van der Waals surface area contributed by atoms with E-state index in [-0.39, 0.29) is 11.9 Å². The molecule has 0 saturated heterocycles. The smallest absolute Gasteiger partial charge is 0.340 e. The van der Waals surface area contributed by atoms with E-state index in [1.165, 1.54) is 0 Å². The van der Waals surface area contributed by atoms with Crippen LogP contribution in [0.15, 0.2) is 6.20 Å². The van der Waals surface area contributed by atoms with Crippen molar-refractivity contribution in [1.29, 1.82) is 0 Å². The van der Waals surface area contributed by atoms with E-state index in [0.717, 1.165) is 28.2 Å². The van der Waals surface area contributed by atoms with Crippen LogP contribution in [0.3, 0.4) is 0 Å². The summed E-state index contributed by atoms with van der Waals surface area (Å²) in [6, 6.07) is 0. The van der Waals surface area contributed by atoms with Gasteiger partial charge < -0.3 is 15.0 Å². The predicted octanol–water partition coefficient (Wildman–Crippen LogP) is 2.09. The fourth-order valence-electron chi connectivity index (χ4n) is 2.65. The molecule has 2 aromatic heterocycles. The van der Waals surface area contributed by atoms with Crippen LogP contribution in [0.25, 0.3) is 0 Å². The molecule has 0 atom stereocenters. The molecule has 0 aliphatic carbocycles. The molecule has 0 unspecified atom stereocenters. The van der Waals surface area contributed by atoms with Crippen molar-refractivity contribution in [3.63, 3.8) is 0 Å². The first kappa shape index (κ1) is 17.8. The molecule has 0 bridgehead atoms. The molecule has 7 nitrogen and oxygen atoms in total. The molecule has 7 heteroatoms. The maximum Gasteiger partial charge on any atom is 0.340 e. The first-order valence-corrected chi connectivity index (χ1v) is 8.04. The van der Waals surface area contributed by atoms with Crippen LogP contribution in [-0.4, -0.2) is 33.7 Å². The van der Waals surface area contributed by atoms with Gasteiger partial charge in [0.25, 0.3) is 0 Å². The van der Waals surface area contributed by atoms with E-state index in [0.29, 0.717) is 31.6 Å². The van der Waals surface area contributed by atoms with Crippen molar-refractivity contribution >= 4 is 11.9 Å². The molecule has 0 saturated carbocycles. The van der Waals surface area contributed by atoms with Crippen LogP contribution in [-0.2, 0) is 22.5 Å². The Balaban J connectivity index is 1.92.